The van der Waals surface area contributed by atoms with Crippen molar-refractivity contribution in [2.24, 2.45) is 0 Å². The minimum atomic E-state index is -0.436. The van der Waals surface area contributed by atoms with Gasteiger partial charge in [-0.25, -0.2) is 4.79 Å². The Bertz CT molecular complexity index is 545. The van der Waals surface area contributed by atoms with Crippen LogP contribution in [0.3, 0.4) is 0 Å². The second kappa shape index (κ2) is 5.83. The number of hydrogen-bond acceptors (Lipinski definition) is 2. The molecule has 1 aliphatic heterocycles. The van der Waals surface area contributed by atoms with Gasteiger partial charge < -0.3 is 15.1 Å². The number of amides is 3. The summed E-state index contributed by atoms with van der Waals surface area (Å²) in [4.78, 5) is 27.1. The monoisotopic (exact) mass is 339 g/mol. The summed E-state index contributed by atoms with van der Waals surface area (Å²) < 4.78 is 1.02. The molecule has 1 aliphatic rings. The van der Waals surface area contributed by atoms with Crippen LogP contribution in [0.5, 0.6) is 0 Å². The molecule has 1 N–H and O–H groups in total. The SMILES string of the molecule is Cc1cc(N2CC[C@@H](NC(=O)N(C)C)C2=O)ccc1Br. The van der Waals surface area contributed by atoms with Crippen LogP contribution in [0.2, 0.25) is 0 Å². The van der Waals surface area contributed by atoms with Crippen molar-refractivity contribution in [1.29, 1.82) is 0 Å². The van der Waals surface area contributed by atoms with Gasteiger partial charge in [-0.15, -0.1) is 0 Å². The average Bonchev–Trinajstić information content (AvgIpc) is 2.74. The Morgan fingerprint density at radius 2 is 2.15 bits per heavy atom. The van der Waals surface area contributed by atoms with Crippen molar-refractivity contribution in [3.05, 3.63) is 28.2 Å². The van der Waals surface area contributed by atoms with E-state index in [0.717, 1.165) is 15.7 Å². The Balaban J connectivity index is 2.11. The van der Waals surface area contributed by atoms with E-state index in [2.05, 4.69) is 21.2 Å². The van der Waals surface area contributed by atoms with Crippen molar-refractivity contribution in [3.63, 3.8) is 0 Å². The summed E-state index contributed by atoms with van der Waals surface area (Å²) in [5.41, 5.74) is 1.95. The second-order valence-corrected chi connectivity index (χ2v) is 5.96. The second-order valence-electron chi connectivity index (χ2n) is 5.11. The summed E-state index contributed by atoms with van der Waals surface area (Å²) in [6.45, 7) is 2.61. The van der Waals surface area contributed by atoms with Gasteiger partial charge in [-0.1, -0.05) is 15.9 Å². The number of hydrogen-bond donors (Lipinski definition) is 1. The van der Waals surface area contributed by atoms with Gasteiger partial charge in [0.05, 0.1) is 0 Å². The third kappa shape index (κ3) is 2.95. The van der Waals surface area contributed by atoms with Crippen LogP contribution >= 0.6 is 15.9 Å². The predicted molar refractivity (Wildman–Crippen MR) is 81.9 cm³/mol. The van der Waals surface area contributed by atoms with Crippen LogP contribution in [-0.2, 0) is 4.79 Å². The first-order valence-electron chi connectivity index (χ1n) is 6.45. The highest BCUT2D eigenvalue weighted by Gasteiger charge is 2.33. The molecule has 1 heterocycles. The molecule has 2 rings (SSSR count). The number of carbonyl (C=O) groups excluding carboxylic acids is 2. The maximum absolute atomic E-state index is 12.3. The molecule has 1 aromatic carbocycles. The Labute approximate surface area is 127 Å². The van der Waals surface area contributed by atoms with Crippen molar-refractivity contribution in [3.8, 4) is 0 Å². The maximum Gasteiger partial charge on any atom is 0.317 e. The molecule has 1 aromatic rings. The molecule has 0 spiro atoms. The van der Waals surface area contributed by atoms with Crippen molar-refractivity contribution >= 4 is 33.6 Å². The molecule has 108 valence electrons. The van der Waals surface area contributed by atoms with Gasteiger partial charge >= 0.3 is 6.03 Å². The zero-order valence-corrected chi connectivity index (χ0v) is 13.4. The molecule has 0 aliphatic carbocycles. The molecule has 1 saturated heterocycles. The van der Waals surface area contributed by atoms with Crippen molar-refractivity contribution in [2.75, 3.05) is 25.5 Å². The van der Waals surface area contributed by atoms with E-state index in [0.29, 0.717) is 13.0 Å². The van der Waals surface area contributed by atoms with Gasteiger partial charge in [0, 0.05) is 30.8 Å². The summed E-state index contributed by atoms with van der Waals surface area (Å²) in [6, 6.07) is 5.14. The molecule has 5 nitrogen and oxygen atoms in total. The van der Waals surface area contributed by atoms with Crippen LogP contribution in [0.25, 0.3) is 0 Å². The van der Waals surface area contributed by atoms with Crippen LogP contribution in [-0.4, -0.2) is 43.5 Å². The summed E-state index contributed by atoms with van der Waals surface area (Å²) in [7, 11) is 3.31. The number of benzene rings is 1. The van der Waals surface area contributed by atoms with E-state index in [1.165, 1.54) is 4.90 Å². The molecule has 1 fully saturated rings. The van der Waals surface area contributed by atoms with Crippen LogP contribution in [0.15, 0.2) is 22.7 Å². The van der Waals surface area contributed by atoms with Crippen molar-refractivity contribution < 1.29 is 9.59 Å². The van der Waals surface area contributed by atoms with E-state index in [1.807, 2.05) is 25.1 Å². The number of nitrogens with one attached hydrogen (secondary N) is 1. The van der Waals surface area contributed by atoms with E-state index < -0.39 is 6.04 Å². The number of anilines is 1. The highest BCUT2D eigenvalue weighted by molar-refractivity contribution is 9.10. The normalized spacial score (nSPS) is 18.3. The van der Waals surface area contributed by atoms with Gasteiger partial charge in [0.15, 0.2) is 0 Å². The molecule has 3 amide bonds. The summed E-state index contributed by atoms with van der Waals surface area (Å²) in [5.74, 6) is -0.0538. The molecule has 0 saturated carbocycles. The topological polar surface area (TPSA) is 52.7 Å². The largest absolute Gasteiger partial charge is 0.331 e. The molecule has 6 heteroatoms. The molecule has 20 heavy (non-hydrogen) atoms. The third-order valence-electron chi connectivity index (χ3n) is 3.36. The number of aryl methyl sites for hydroxylation is 1. The average molecular weight is 340 g/mol. The van der Waals surface area contributed by atoms with Gasteiger partial charge in [-0.2, -0.15) is 0 Å². The molecule has 1 atom stereocenters. The third-order valence-corrected chi connectivity index (χ3v) is 4.25. The number of halogens is 1. The van der Waals surface area contributed by atoms with E-state index >= 15 is 0 Å². The van der Waals surface area contributed by atoms with E-state index in [1.54, 1.807) is 19.0 Å². The lowest BCUT2D eigenvalue weighted by molar-refractivity contribution is -0.118. The minimum Gasteiger partial charge on any atom is -0.331 e. The van der Waals surface area contributed by atoms with E-state index in [-0.39, 0.29) is 11.9 Å². The zero-order valence-electron chi connectivity index (χ0n) is 11.8. The fourth-order valence-electron chi connectivity index (χ4n) is 2.15. The lowest BCUT2D eigenvalue weighted by atomic mass is 10.2. The standard InChI is InChI=1S/C14H18BrN3O2/c1-9-8-10(4-5-11(9)15)18-7-6-12(13(18)19)16-14(20)17(2)3/h4-5,8,12H,6-7H2,1-3H3,(H,16,20)/t12-/m1/s1. The molecular formula is C14H18BrN3O2. The number of nitrogens with zero attached hydrogens (tertiary/aromatic N) is 2. The lowest BCUT2D eigenvalue weighted by Gasteiger charge is -2.19. The highest BCUT2D eigenvalue weighted by Crippen LogP contribution is 2.26. The zero-order chi connectivity index (χ0) is 14.9. The van der Waals surface area contributed by atoms with Gasteiger partial charge in [-0.05, 0) is 37.1 Å². The fraction of sp³-hybridized carbons (Fsp3) is 0.429. The molecule has 0 bridgehead atoms. The van der Waals surface area contributed by atoms with Crippen molar-refractivity contribution in [2.45, 2.75) is 19.4 Å². The quantitative estimate of drug-likeness (QED) is 0.897. The smallest absolute Gasteiger partial charge is 0.317 e. The first-order chi connectivity index (χ1) is 9.40. The molecular weight excluding hydrogens is 322 g/mol. The Hall–Kier alpha value is -1.56. The summed E-state index contributed by atoms with van der Waals surface area (Å²) in [6.07, 6.45) is 0.632. The van der Waals surface area contributed by atoms with Crippen molar-refractivity contribution in [1.82, 2.24) is 10.2 Å². The summed E-state index contributed by atoms with van der Waals surface area (Å²) in [5, 5.41) is 2.74. The Morgan fingerprint density at radius 3 is 2.75 bits per heavy atom. The highest BCUT2D eigenvalue weighted by atomic mass is 79.9. The first kappa shape index (κ1) is 14.8. The van der Waals surface area contributed by atoms with Crippen LogP contribution in [0, 0.1) is 6.92 Å². The molecule has 0 aromatic heterocycles. The maximum atomic E-state index is 12.3. The van der Waals surface area contributed by atoms with Crippen LogP contribution in [0.1, 0.15) is 12.0 Å². The van der Waals surface area contributed by atoms with Crippen LogP contribution < -0.4 is 10.2 Å². The van der Waals surface area contributed by atoms with Crippen LogP contribution in [0.4, 0.5) is 10.5 Å². The lowest BCUT2D eigenvalue weighted by Crippen LogP contribution is -2.45. The van der Waals surface area contributed by atoms with E-state index in [9.17, 15) is 9.59 Å². The van der Waals surface area contributed by atoms with E-state index in [4.69, 9.17) is 0 Å². The predicted octanol–water partition coefficient (Wildman–Crippen LogP) is 2.13. The number of rotatable bonds is 2. The van der Waals surface area contributed by atoms with Gasteiger partial charge in [0.2, 0.25) is 5.91 Å². The first-order valence-corrected chi connectivity index (χ1v) is 7.25. The Kier molecular flexibility index (Phi) is 4.32. The van der Waals surface area contributed by atoms with Gasteiger partial charge in [0.1, 0.15) is 6.04 Å². The Morgan fingerprint density at radius 1 is 1.45 bits per heavy atom. The molecule has 0 radical (unpaired) electrons. The fourth-order valence-corrected chi connectivity index (χ4v) is 2.39. The molecule has 0 unspecified atom stereocenters. The minimum absolute atomic E-state index is 0.0538. The number of carbonyl (C=O) groups is 2. The van der Waals surface area contributed by atoms with Gasteiger partial charge in [0.25, 0.3) is 0 Å². The summed E-state index contributed by atoms with van der Waals surface area (Å²) >= 11 is 3.45. The van der Waals surface area contributed by atoms with Gasteiger partial charge in [-0.3, -0.25) is 4.79 Å². The number of urea groups is 1.